The summed E-state index contributed by atoms with van der Waals surface area (Å²) < 4.78 is 20.0. The number of amides is 2. The number of likely N-dealkylation sites (tertiary alicyclic amines) is 1. The van der Waals surface area contributed by atoms with Crippen LogP contribution in [0.25, 0.3) is 0 Å². The molecule has 1 N–H and O–H groups in total. The van der Waals surface area contributed by atoms with Crippen molar-refractivity contribution >= 4 is 6.03 Å². The number of carbonyl (C=O) groups excluding carboxylic acids is 1. The van der Waals surface area contributed by atoms with Crippen LogP contribution in [0.15, 0.2) is 48.5 Å². The molecule has 0 saturated carbocycles. The van der Waals surface area contributed by atoms with Crippen molar-refractivity contribution in [2.45, 2.75) is 45.8 Å². The van der Waals surface area contributed by atoms with Gasteiger partial charge in [0, 0.05) is 18.2 Å². The quantitative estimate of drug-likeness (QED) is 0.666. The Bertz CT molecular complexity index is 833. The van der Waals surface area contributed by atoms with E-state index in [1.165, 1.54) is 6.07 Å². The first-order valence-corrected chi connectivity index (χ1v) is 11.1. The van der Waals surface area contributed by atoms with E-state index in [9.17, 15) is 9.18 Å². The number of hydrogen-bond donors (Lipinski definition) is 1. The van der Waals surface area contributed by atoms with Gasteiger partial charge >= 0.3 is 6.03 Å². The van der Waals surface area contributed by atoms with Crippen LogP contribution in [0, 0.1) is 11.7 Å². The van der Waals surface area contributed by atoms with Gasteiger partial charge in [-0.15, -0.1) is 0 Å². The van der Waals surface area contributed by atoms with Crippen LogP contribution in [-0.4, -0.2) is 48.6 Å². The molecule has 1 aliphatic rings. The van der Waals surface area contributed by atoms with E-state index in [4.69, 9.17) is 4.74 Å². The van der Waals surface area contributed by atoms with Crippen molar-refractivity contribution < 1.29 is 13.9 Å². The van der Waals surface area contributed by atoms with Crippen LogP contribution >= 0.6 is 0 Å². The molecule has 0 aliphatic carbocycles. The molecule has 2 aromatic carbocycles. The molecule has 1 fully saturated rings. The van der Waals surface area contributed by atoms with Crippen molar-refractivity contribution in [3.8, 4) is 5.75 Å². The van der Waals surface area contributed by atoms with Crippen molar-refractivity contribution in [1.82, 2.24) is 15.1 Å². The van der Waals surface area contributed by atoms with Gasteiger partial charge in [-0.2, -0.15) is 0 Å². The summed E-state index contributed by atoms with van der Waals surface area (Å²) in [5.74, 6) is 1.03. The third kappa shape index (κ3) is 6.96. The van der Waals surface area contributed by atoms with E-state index >= 15 is 0 Å². The van der Waals surface area contributed by atoms with Gasteiger partial charge < -0.3 is 19.9 Å². The molecule has 0 aromatic heterocycles. The van der Waals surface area contributed by atoms with E-state index in [0.29, 0.717) is 24.6 Å². The molecular weight excluding hydrogens is 393 g/mol. The molecule has 1 saturated heterocycles. The van der Waals surface area contributed by atoms with Crippen molar-refractivity contribution in [3.63, 3.8) is 0 Å². The minimum atomic E-state index is -0.273. The Labute approximate surface area is 185 Å². The monoisotopic (exact) mass is 427 g/mol. The van der Waals surface area contributed by atoms with Gasteiger partial charge in [0.1, 0.15) is 11.6 Å². The highest BCUT2D eigenvalue weighted by atomic mass is 19.1. The minimum absolute atomic E-state index is 0.0996. The first-order chi connectivity index (χ1) is 14.9. The number of carbonyl (C=O) groups is 1. The Balaban J connectivity index is 1.63. The zero-order chi connectivity index (χ0) is 22.2. The molecule has 0 radical (unpaired) electrons. The Kier molecular flexibility index (Phi) is 8.29. The van der Waals surface area contributed by atoms with Crippen LogP contribution in [0.2, 0.25) is 0 Å². The van der Waals surface area contributed by atoms with Crippen LogP contribution in [0.1, 0.15) is 37.8 Å². The summed E-state index contributed by atoms with van der Waals surface area (Å²) in [6.45, 7) is 7.46. The average Bonchev–Trinajstić information content (AvgIpc) is 2.77. The van der Waals surface area contributed by atoms with E-state index < -0.39 is 0 Å². The first-order valence-electron chi connectivity index (χ1n) is 11.1. The lowest BCUT2D eigenvalue weighted by Gasteiger charge is -2.37. The normalized spacial score (nSPS) is 15.1. The van der Waals surface area contributed by atoms with E-state index in [0.717, 1.165) is 37.2 Å². The number of hydrogen-bond acceptors (Lipinski definition) is 3. The highest BCUT2D eigenvalue weighted by Gasteiger charge is 2.27. The second-order valence-corrected chi connectivity index (χ2v) is 8.76. The lowest BCUT2D eigenvalue weighted by molar-refractivity contribution is 0.126. The third-order valence-corrected chi connectivity index (χ3v) is 5.64. The van der Waals surface area contributed by atoms with E-state index in [1.807, 2.05) is 30.3 Å². The molecule has 3 rings (SSSR count). The highest BCUT2D eigenvalue weighted by molar-refractivity contribution is 5.74. The van der Waals surface area contributed by atoms with E-state index in [1.54, 1.807) is 17.0 Å². The number of nitrogens with one attached hydrogen (secondary N) is 1. The smallest absolute Gasteiger partial charge is 0.318 e. The van der Waals surface area contributed by atoms with Gasteiger partial charge in [-0.3, -0.25) is 0 Å². The molecule has 6 heteroatoms. The topological polar surface area (TPSA) is 44.8 Å². The molecule has 2 amide bonds. The van der Waals surface area contributed by atoms with Crippen LogP contribution in [0.4, 0.5) is 9.18 Å². The maximum Gasteiger partial charge on any atom is 0.318 e. The summed E-state index contributed by atoms with van der Waals surface area (Å²) in [7, 11) is 2.09. The number of piperidine rings is 1. The lowest BCUT2D eigenvalue weighted by Crippen LogP contribution is -2.49. The Morgan fingerprint density at radius 1 is 1.16 bits per heavy atom. The fourth-order valence-electron chi connectivity index (χ4n) is 3.73. The number of nitrogens with zero attached hydrogens (tertiary/aromatic N) is 2. The third-order valence-electron chi connectivity index (χ3n) is 5.64. The summed E-state index contributed by atoms with van der Waals surface area (Å²) in [6.07, 6.45) is 1.78. The molecule has 1 heterocycles. The summed E-state index contributed by atoms with van der Waals surface area (Å²) in [5.41, 5.74) is 1.54. The van der Waals surface area contributed by atoms with Crippen molar-refractivity contribution in [3.05, 3.63) is 65.5 Å². The van der Waals surface area contributed by atoms with Gasteiger partial charge in [0.2, 0.25) is 0 Å². The summed E-state index contributed by atoms with van der Waals surface area (Å²) >= 11 is 0. The standard InChI is InChI=1S/C25H34FN3O2/c1-19(2)18-31-23-10-8-20(9-11-23)16-27-25(30)29(22-12-14-28(3)15-13-22)17-21-6-4-5-7-24(21)26/h4-11,19,22H,12-18H2,1-3H3,(H,27,30). The second-order valence-electron chi connectivity index (χ2n) is 8.76. The maximum absolute atomic E-state index is 14.3. The van der Waals surface area contributed by atoms with Gasteiger partial charge in [-0.1, -0.05) is 44.2 Å². The van der Waals surface area contributed by atoms with Crippen LogP contribution in [-0.2, 0) is 13.1 Å². The maximum atomic E-state index is 14.3. The van der Waals surface area contributed by atoms with Crippen molar-refractivity contribution in [2.75, 3.05) is 26.7 Å². The highest BCUT2D eigenvalue weighted by Crippen LogP contribution is 2.20. The molecule has 1 aliphatic heterocycles. The lowest BCUT2D eigenvalue weighted by atomic mass is 10.0. The molecule has 0 unspecified atom stereocenters. The summed E-state index contributed by atoms with van der Waals surface area (Å²) in [4.78, 5) is 17.2. The minimum Gasteiger partial charge on any atom is -0.493 e. The predicted molar refractivity (Wildman–Crippen MR) is 121 cm³/mol. The number of benzene rings is 2. The van der Waals surface area contributed by atoms with Gasteiger partial charge in [0.05, 0.1) is 13.2 Å². The van der Waals surface area contributed by atoms with Crippen LogP contribution in [0.3, 0.4) is 0 Å². The number of ether oxygens (including phenoxy) is 1. The number of urea groups is 1. The fraction of sp³-hybridized carbons (Fsp3) is 0.480. The van der Waals surface area contributed by atoms with Crippen molar-refractivity contribution in [2.24, 2.45) is 5.92 Å². The Morgan fingerprint density at radius 2 is 1.84 bits per heavy atom. The molecule has 0 bridgehead atoms. The molecule has 168 valence electrons. The molecule has 0 spiro atoms. The van der Waals surface area contributed by atoms with E-state index in [-0.39, 0.29) is 24.4 Å². The Hall–Kier alpha value is -2.60. The summed E-state index contributed by atoms with van der Waals surface area (Å²) in [6, 6.07) is 14.4. The fourth-order valence-corrected chi connectivity index (χ4v) is 3.73. The average molecular weight is 428 g/mol. The molecule has 0 atom stereocenters. The van der Waals surface area contributed by atoms with Crippen LogP contribution < -0.4 is 10.1 Å². The van der Waals surface area contributed by atoms with Gasteiger partial charge in [-0.05, 0) is 62.7 Å². The van der Waals surface area contributed by atoms with Crippen LogP contribution in [0.5, 0.6) is 5.75 Å². The largest absolute Gasteiger partial charge is 0.493 e. The van der Waals surface area contributed by atoms with Crippen molar-refractivity contribution in [1.29, 1.82) is 0 Å². The number of rotatable bonds is 8. The molecule has 31 heavy (non-hydrogen) atoms. The molecular formula is C25H34FN3O2. The molecule has 2 aromatic rings. The summed E-state index contributed by atoms with van der Waals surface area (Å²) in [5, 5.41) is 3.03. The predicted octanol–water partition coefficient (Wildman–Crippen LogP) is 4.67. The van der Waals surface area contributed by atoms with E-state index in [2.05, 4.69) is 31.1 Å². The zero-order valence-corrected chi connectivity index (χ0v) is 18.8. The Morgan fingerprint density at radius 3 is 2.48 bits per heavy atom. The van der Waals surface area contributed by atoms with Gasteiger partial charge in [0.25, 0.3) is 0 Å². The molecule has 5 nitrogen and oxygen atoms in total. The second kappa shape index (κ2) is 11.1. The first kappa shape index (κ1) is 23.1. The van der Waals surface area contributed by atoms with Gasteiger partial charge in [0.15, 0.2) is 0 Å². The number of halogens is 1. The zero-order valence-electron chi connectivity index (χ0n) is 18.8. The SMILES string of the molecule is CC(C)COc1ccc(CNC(=O)N(Cc2ccccc2F)C2CCN(C)CC2)cc1. The van der Waals surface area contributed by atoms with Gasteiger partial charge in [-0.25, -0.2) is 9.18 Å².